The SMILES string of the molecule is CC.Cc1cnc(-c2ccccn2)s1. The standard InChI is InChI=1S/C9H8N2S.C2H6/c1-7-6-11-9(12-7)8-4-2-3-5-10-8;1-2/h2-6H,1H3;1-2H3. The van der Waals surface area contributed by atoms with Crippen LogP contribution in [0.2, 0.25) is 0 Å². The molecule has 0 radical (unpaired) electrons. The Labute approximate surface area is 88.7 Å². The lowest BCUT2D eigenvalue weighted by atomic mass is 10.4. The second-order valence-corrected chi connectivity index (χ2v) is 3.73. The van der Waals surface area contributed by atoms with E-state index in [1.807, 2.05) is 45.2 Å². The molecule has 0 unspecified atom stereocenters. The molecule has 0 saturated carbocycles. The summed E-state index contributed by atoms with van der Waals surface area (Å²) in [6.07, 6.45) is 3.65. The molecule has 2 aromatic heterocycles. The third-order valence-electron chi connectivity index (χ3n) is 1.51. The van der Waals surface area contributed by atoms with Crippen LogP contribution in [0.15, 0.2) is 30.6 Å². The van der Waals surface area contributed by atoms with Crippen LogP contribution in [0.5, 0.6) is 0 Å². The Balaban J connectivity index is 0.000000461. The fraction of sp³-hybridized carbons (Fsp3) is 0.273. The molecular weight excluding hydrogens is 192 g/mol. The first-order chi connectivity index (χ1) is 6.86. The van der Waals surface area contributed by atoms with Crippen molar-refractivity contribution >= 4 is 11.3 Å². The zero-order valence-electron chi connectivity index (χ0n) is 8.69. The van der Waals surface area contributed by atoms with Gasteiger partial charge in [0.25, 0.3) is 0 Å². The molecule has 2 rings (SSSR count). The minimum Gasteiger partial charge on any atom is -0.254 e. The van der Waals surface area contributed by atoms with Crippen molar-refractivity contribution in [3.05, 3.63) is 35.5 Å². The van der Waals surface area contributed by atoms with E-state index in [1.165, 1.54) is 4.88 Å². The molecule has 3 heteroatoms. The lowest BCUT2D eigenvalue weighted by Crippen LogP contribution is -1.78. The molecule has 0 aliphatic rings. The molecule has 2 nitrogen and oxygen atoms in total. The Kier molecular flexibility index (Phi) is 4.26. The quantitative estimate of drug-likeness (QED) is 0.713. The Morgan fingerprint density at radius 2 is 1.93 bits per heavy atom. The molecule has 0 fully saturated rings. The Morgan fingerprint density at radius 1 is 1.14 bits per heavy atom. The van der Waals surface area contributed by atoms with Gasteiger partial charge in [-0.05, 0) is 19.1 Å². The summed E-state index contributed by atoms with van der Waals surface area (Å²) in [4.78, 5) is 9.67. The maximum Gasteiger partial charge on any atom is 0.142 e. The smallest absolute Gasteiger partial charge is 0.142 e. The molecule has 0 atom stereocenters. The Morgan fingerprint density at radius 3 is 2.43 bits per heavy atom. The molecule has 0 aromatic carbocycles. The van der Waals surface area contributed by atoms with E-state index >= 15 is 0 Å². The third kappa shape index (κ3) is 2.64. The molecule has 2 heterocycles. The van der Waals surface area contributed by atoms with Gasteiger partial charge in [0, 0.05) is 17.3 Å². The number of hydrogen-bond acceptors (Lipinski definition) is 3. The number of hydrogen-bond donors (Lipinski definition) is 0. The molecule has 14 heavy (non-hydrogen) atoms. The number of thiazole rings is 1. The van der Waals surface area contributed by atoms with Crippen LogP contribution in [0, 0.1) is 6.92 Å². The average Bonchev–Trinajstić information content (AvgIpc) is 2.69. The van der Waals surface area contributed by atoms with Crippen molar-refractivity contribution < 1.29 is 0 Å². The largest absolute Gasteiger partial charge is 0.254 e. The van der Waals surface area contributed by atoms with Crippen molar-refractivity contribution in [2.45, 2.75) is 20.8 Å². The summed E-state index contributed by atoms with van der Waals surface area (Å²) in [5.74, 6) is 0. The first kappa shape index (κ1) is 10.9. The molecule has 0 aliphatic heterocycles. The zero-order chi connectivity index (χ0) is 10.4. The molecular formula is C11H14N2S. The van der Waals surface area contributed by atoms with Gasteiger partial charge in [-0.15, -0.1) is 11.3 Å². The normalized spacial score (nSPS) is 9.07. The molecule has 2 aromatic rings. The highest BCUT2D eigenvalue weighted by Gasteiger charge is 2.01. The summed E-state index contributed by atoms with van der Waals surface area (Å²) < 4.78 is 0. The number of aryl methyl sites for hydroxylation is 1. The van der Waals surface area contributed by atoms with Crippen molar-refractivity contribution in [3.8, 4) is 10.7 Å². The summed E-state index contributed by atoms with van der Waals surface area (Å²) in [5.41, 5.74) is 0.954. The monoisotopic (exact) mass is 206 g/mol. The maximum atomic E-state index is 4.24. The van der Waals surface area contributed by atoms with Gasteiger partial charge < -0.3 is 0 Å². The summed E-state index contributed by atoms with van der Waals surface area (Å²) in [5, 5.41) is 0.994. The molecule has 0 spiro atoms. The molecule has 0 bridgehead atoms. The Bertz CT molecular complexity index is 368. The van der Waals surface area contributed by atoms with Crippen LogP contribution in [-0.2, 0) is 0 Å². The van der Waals surface area contributed by atoms with Crippen LogP contribution in [0.1, 0.15) is 18.7 Å². The van der Waals surface area contributed by atoms with Gasteiger partial charge in [-0.3, -0.25) is 4.98 Å². The van der Waals surface area contributed by atoms with E-state index in [4.69, 9.17) is 0 Å². The van der Waals surface area contributed by atoms with Gasteiger partial charge in [0.1, 0.15) is 5.01 Å². The first-order valence-corrected chi connectivity index (χ1v) is 5.52. The van der Waals surface area contributed by atoms with E-state index in [9.17, 15) is 0 Å². The molecule has 0 saturated heterocycles. The van der Waals surface area contributed by atoms with Crippen molar-refractivity contribution in [3.63, 3.8) is 0 Å². The van der Waals surface area contributed by atoms with Crippen molar-refractivity contribution in [1.29, 1.82) is 0 Å². The van der Waals surface area contributed by atoms with Crippen LogP contribution in [0.3, 0.4) is 0 Å². The van der Waals surface area contributed by atoms with Crippen molar-refractivity contribution in [1.82, 2.24) is 9.97 Å². The molecule has 0 aliphatic carbocycles. The minimum absolute atomic E-state index is 0.954. The number of pyridine rings is 1. The topological polar surface area (TPSA) is 25.8 Å². The van der Waals surface area contributed by atoms with Crippen LogP contribution in [-0.4, -0.2) is 9.97 Å². The van der Waals surface area contributed by atoms with Crippen molar-refractivity contribution in [2.24, 2.45) is 0 Å². The van der Waals surface area contributed by atoms with E-state index in [0.29, 0.717) is 0 Å². The van der Waals surface area contributed by atoms with Gasteiger partial charge in [-0.2, -0.15) is 0 Å². The van der Waals surface area contributed by atoms with Gasteiger partial charge in [-0.1, -0.05) is 19.9 Å². The first-order valence-electron chi connectivity index (χ1n) is 4.70. The zero-order valence-corrected chi connectivity index (χ0v) is 9.51. The van der Waals surface area contributed by atoms with E-state index in [-0.39, 0.29) is 0 Å². The number of nitrogens with zero attached hydrogens (tertiary/aromatic N) is 2. The summed E-state index contributed by atoms with van der Waals surface area (Å²) in [6, 6.07) is 5.85. The van der Waals surface area contributed by atoms with Crippen LogP contribution >= 0.6 is 11.3 Å². The van der Waals surface area contributed by atoms with Crippen LogP contribution in [0.25, 0.3) is 10.7 Å². The highest BCUT2D eigenvalue weighted by atomic mass is 32.1. The van der Waals surface area contributed by atoms with Gasteiger partial charge in [0.05, 0.1) is 5.69 Å². The third-order valence-corrected chi connectivity index (χ3v) is 2.44. The summed E-state index contributed by atoms with van der Waals surface area (Å²) >= 11 is 1.67. The lowest BCUT2D eigenvalue weighted by molar-refractivity contribution is 1.29. The number of rotatable bonds is 1. The maximum absolute atomic E-state index is 4.24. The van der Waals surface area contributed by atoms with Gasteiger partial charge in [-0.25, -0.2) is 4.98 Å². The predicted octanol–water partition coefficient (Wildman–Crippen LogP) is 3.54. The highest BCUT2D eigenvalue weighted by molar-refractivity contribution is 7.14. The Hall–Kier alpha value is -1.22. The van der Waals surface area contributed by atoms with Crippen molar-refractivity contribution in [2.75, 3.05) is 0 Å². The van der Waals surface area contributed by atoms with Gasteiger partial charge in [0.15, 0.2) is 0 Å². The van der Waals surface area contributed by atoms with Crippen LogP contribution < -0.4 is 0 Å². The fourth-order valence-electron chi connectivity index (χ4n) is 0.962. The second-order valence-electron chi connectivity index (χ2n) is 2.49. The number of aromatic nitrogens is 2. The molecule has 74 valence electrons. The minimum atomic E-state index is 0.954. The summed E-state index contributed by atoms with van der Waals surface area (Å²) in [7, 11) is 0. The van der Waals surface area contributed by atoms with E-state index < -0.39 is 0 Å². The van der Waals surface area contributed by atoms with E-state index in [1.54, 1.807) is 17.5 Å². The van der Waals surface area contributed by atoms with Gasteiger partial charge in [0.2, 0.25) is 0 Å². The van der Waals surface area contributed by atoms with E-state index in [2.05, 4.69) is 9.97 Å². The van der Waals surface area contributed by atoms with Gasteiger partial charge >= 0.3 is 0 Å². The lowest BCUT2D eigenvalue weighted by Gasteiger charge is -1.91. The predicted molar refractivity (Wildman–Crippen MR) is 61.4 cm³/mol. The fourth-order valence-corrected chi connectivity index (χ4v) is 1.70. The van der Waals surface area contributed by atoms with Crippen LogP contribution in [0.4, 0.5) is 0 Å². The average molecular weight is 206 g/mol. The molecule has 0 N–H and O–H groups in total. The highest BCUT2D eigenvalue weighted by Crippen LogP contribution is 2.21. The second kappa shape index (κ2) is 5.50. The van der Waals surface area contributed by atoms with E-state index in [0.717, 1.165) is 10.7 Å². The molecule has 0 amide bonds. The summed E-state index contributed by atoms with van der Waals surface area (Å²) in [6.45, 7) is 6.05.